The zero-order chi connectivity index (χ0) is 31.3. The molecule has 0 amide bonds. The van der Waals surface area contributed by atoms with Crippen LogP contribution in [0, 0.1) is 0 Å². The standard InChI is InChI=1S/C43H24N4O/c1-2-10-25(11-3-1)27-22-34(45-35(23-27)43-44-24-39-41(46-43)31-15-5-7-19-38(31)48-39)28-20-32-29-14-4-6-17-36(29)47-37-18-9-13-26-12-8-16-30(40(26)37)33(21-28)42(32)47/h1-24H. The SMILES string of the molecule is c1ccc(-c2cc(-c3cc4c5cccc6cccc(c65)n5c6ccccc6c(c3)c45)nc(-c3ncc4oc5ccccc5c4n3)c2)cc1. The number of para-hydroxylation sites is 2. The Morgan fingerprint density at radius 3 is 2.08 bits per heavy atom. The summed E-state index contributed by atoms with van der Waals surface area (Å²) in [4.78, 5) is 15.1. The fraction of sp³-hybridized carbons (Fsp3) is 0. The molecule has 5 nitrogen and oxygen atoms in total. The lowest BCUT2D eigenvalue weighted by Crippen LogP contribution is -1.96. The molecule has 0 atom stereocenters. The van der Waals surface area contributed by atoms with Gasteiger partial charge in [0.2, 0.25) is 0 Å². The van der Waals surface area contributed by atoms with Crippen molar-refractivity contribution in [3.05, 3.63) is 146 Å². The third-order valence-electron chi connectivity index (χ3n) is 9.76. The van der Waals surface area contributed by atoms with Crippen LogP contribution in [0.2, 0.25) is 0 Å². The minimum Gasteiger partial charge on any atom is -0.453 e. The van der Waals surface area contributed by atoms with Gasteiger partial charge in [-0.05, 0) is 70.4 Å². The molecule has 6 aromatic carbocycles. The monoisotopic (exact) mass is 612 g/mol. The first-order valence-corrected chi connectivity index (χ1v) is 16.1. The van der Waals surface area contributed by atoms with Crippen molar-refractivity contribution < 1.29 is 4.42 Å². The summed E-state index contributed by atoms with van der Waals surface area (Å²) in [6, 6.07) is 49.3. The molecular weight excluding hydrogens is 589 g/mol. The van der Waals surface area contributed by atoms with Gasteiger partial charge in [0, 0.05) is 32.5 Å². The van der Waals surface area contributed by atoms with Gasteiger partial charge in [-0.1, -0.05) is 91.0 Å². The molecule has 0 bridgehead atoms. The molecule has 5 heterocycles. The van der Waals surface area contributed by atoms with Gasteiger partial charge < -0.3 is 8.82 Å². The smallest absolute Gasteiger partial charge is 0.178 e. The van der Waals surface area contributed by atoms with Gasteiger partial charge in [0.05, 0.1) is 28.4 Å². The van der Waals surface area contributed by atoms with Crippen LogP contribution in [0.15, 0.2) is 150 Å². The van der Waals surface area contributed by atoms with Crippen molar-refractivity contribution in [3.8, 4) is 33.9 Å². The molecule has 11 rings (SSSR count). The summed E-state index contributed by atoms with van der Waals surface area (Å²) in [5.41, 5.74) is 10.7. The first kappa shape index (κ1) is 25.6. The first-order chi connectivity index (χ1) is 23.8. The Morgan fingerprint density at radius 1 is 0.479 bits per heavy atom. The summed E-state index contributed by atoms with van der Waals surface area (Å²) >= 11 is 0. The molecule has 0 fully saturated rings. The minimum atomic E-state index is 0.561. The number of hydrogen-bond acceptors (Lipinski definition) is 4. The number of nitrogens with zero attached hydrogens (tertiary/aromatic N) is 4. The Morgan fingerprint density at radius 2 is 1.19 bits per heavy atom. The average Bonchev–Trinajstić information content (AvgIpc) is 3.70. The lowest BCUT2D eigenvalue weighted by molar-refractivity contribution is 0.666. The van der Waals surface area contributed by atoms with Crippen LogP contribution in [0.4, 0.5) is 0 Å². The van der Waals surface area contributed by atoms with E-state index in [4.69, 9.17) is 19.4 Å². The highest BCUT2D eigenvalue weighted by Gasteiger charge is 2.20. The second-order valence-electron chi connectivity index (χ2n) is 12.5. The predicted octanol–water partition coefficient (Wildman–Crippen LogP) is 11.1. The molecule has 0 saturated heterocycles. The number of fused-ring (bicyclic) bond motifs is 8. The topological polar surface area (TPSA) is 56.2 Å². The Bertz CT molecular complexity index is 3060. The molecule has 0 aliphatic heterocycles. The lowest BCUT2D eigenvalue weighted by atomic mass is 9.96. The highest BCUT2D eigenvalue weighted by molar-refractivity contribution is 6.27. The summed E-state index contributed by atoms with van der Waals surface area (Å²) in [7, 11) is 0. The van der Waals surface area contributed by atoms with E-state index in [0.717, 1.165) is 38.9 Å². The van der Waals surface area contributed by atoms with Crippen molar-refractivity contribution >= 4 is 70.9 Å². The van der Waals surface area contributed by atoms with Gasteiger partial charge in [-0.15, -0.1) is 0 Å². The van der Waals surface area contributed by atoms with E-state index in [-0.39, 0.29) is 0 Å². The third-order valence-corrected chi connectivity index (χ3v) is 9.76. The summed E-state index contributed by atoms with van der Waals surface area (Å²) in [6.45, 7) is 0. The molecule has 5 heteroatoms. The zero-order valence-corrected chi connectivity index (χ0v) is 25.6. The van der Waals surface area contributed by atoms with E-state index < -0.39 is 0 Å². The zero-order valence-electron chi connectivity index (χ0n) is 25.6. The highest BCUT2D eigenvalue weighted by Crippen LogP contribution is 2.43. The predicted molar refractivity (Wildman–Crippen MR) is 196 cm³/mol. The molecule has 0 radical (unpaired) electrons. The Balaban J connectivity index is 1.23. The van der Waals surface area contributed by atoms with Crippen molar-refractivity contribution in [2.24, 2.45) is 0 Å². The summed E-state index contributed by atoms with van der Waals surface area (Å²) < 4.78 is 8.48. The van der Waals surface area contributed by atoms with Gasteiger partial charge in [0.1, 0.15) is 16.8 Å². The van der Waals surface area contributed by atoms with Crippen LogP contribution in [-0.4, -0.2) is 19.4 Å². The maximum Gasteiger partial charge on any atom is 0.178 e. The molecule has 0 aliphatic carbocycles. The van der Waals surface area contributed by atoms with E-state index in [1.807, 2.05) is 30.3 Å². The van der Waals surface area contributed by atoms with E-state index in [2.05, 4.69) is 114 Å². The molecular formula is C43H24N4O. The van der Waals surface area contributed by atoms with Gasteiger partial charge in [-0.2, -0.15) is 0 Å². The molecule has 0 spiro atoms. The Labute approximate surface area is 273 Å². The van der Waals surface area contributed by atoms with Gasteiger partial charge >= 0.3 is 0 Å². The number of furan rings is 1. The van der Waals surface area contributed by atoms with Crippen molar-refractivity contribution in [1.29, 1.82) is 0 Å². The number of aromatic nitrogens is 4. The summed E-state index contributed by atoms with van der Waals surface area (Å²) in [5.74, 6) is 0.561. The second-order valence-corrected chi connectivity index (χ2v) is 12.5. The van der Waals surface area contributed by atoms with Crippen LogP contribution in [0.1, 0.15) is 0 Å². The van der Waals surface area contributed by atoms with E-state index in [1.165, 1.54) is 48.9 Å². The number of pyridine rings is 2. The number of rotatable bonds is 3. The lowest BCUT2D eigenvalue weighted by Gasteiger charge is -2.14. The first-order valence-electron chi connectivity index (χ1n) is 16.1. The Kier molecular flexibility index (Phi) is 5.05. The quantitative estimate of drug-likeness (QED) is 0.147. The fourth-order valence-corrected chi connectivity index (χ4v) is 7.65. The fourth-order valence-electron chi connectivity index (χ4n) is 7.65. The van der Waals surface area contributed by atoms with Gasteiger partial charge in [-0.3, -0.25) is 0 Å². The number of hydrogen-bond donors (Lipinski definition) is 0. The van der Waals surface area contributed by atoms with Crippen molar-refractivity contribution in [3.63, 3.8) is 0 Å². The molecule has 0 saturated carbocycles. The van der Waals surface area contributed by atoms with Crippen LogP contribution in [0.5, 0.6) is 0 Å². The minimum absolute atomic E-state index is 0.561. The normalized spacial score (nSPS) is 12.2. The average molecular weight is 613 g/mol. The summed E-state index contributed by atoms with van der Waals surface area (Å²) in [5, 5.41) is 8.35. The van der Waals surface area contributed by atoms with Crippen LogP contribution < -0.4 is 0 Å². The largest absolute Gasteiger partial charge is 0.453 e. The van der Waals surface area contributed by atoms with Gasteiger partial charge in [0.25, 0.3) is 0 Å². The summed E-state index contributed by atoms with van der Waals surface area (Å²) in [6.07, 6.45) is 1.76. The van der Waals surface area contributed by atoms with E-state index in [0.29, 0.717) is 17.1 Å². The highest BCUT2D eigenvalue weighted by atomic mass is 16.3. The molecule has 48 heavy (non-hydrogen) atoms. The number of benzene rings is 6. The third kappa shape index (κ3) is 3.53. The molecule has 0 N–H and O–H groups in total. The van der Waals surface area contributed by atoms with Crippen LogP contribution in [0.3, 0.4) is 0 Å². The van der Waals surface area contributed by atoms with Crippen molar-refractivity contribution in [2.75, 3.05) is 0 Å². The van der Waals surface area contributed by atoms with Crippen LogP contribution >= 0.6 is 0 Å². The molecule has 5 aromatic heterocycles. The van der Waals surface area contributed by atoms with Gasteiger partial charge in [0.15, 0.2) is 11.4 Å². The van der Waals surface area contributed by atoms with Crippen molar-refractivity contribution in [2.45, 2.75) is 0 Å². The van der Waals surface area contributed by atoms with Crippen molar-refractivity contribution in [1.82, 2.24) is 19.4 Å². The van der Waals surface area contributed by atoms with E-state index >= 15 is 0 Å². The van der Waals surface area contributed by atoms with Crippen LogP contribution in [-0.2, 0) is 0 Å². The maximum atomic E-state index is 6.04. The maximum absolute atomic E-state index is 6.04. The van der Waals surface area contributed by atoms with Crippen LogP contribution in [0.25, 0.3) is 105 Å². The molecule has 222 valence electrons. The second kappa shape index (κ2) is 9.47. The molecule has 11 aromatic rings. The Hall–Kier alpha value is -6.59. The molecule has 0 aliphatic rings. The molecule has 0 unspecified atom stereocenters. The van der Waals surface area contributed by atoms with E-state index in [1.54, 1.807) is 6.20 Å². The van der Waals surface area contributed by atoms with E-state index in [9.17, 15) is 0 Å². The van der Waals surface area contributed by atoms with Gasteiger partial charge in [-0.25, -0.2) is 15.0 Å².